The molecule has 0 amide bonds. The highest BCUT2D eigenvalue weighted by Gasteiger charge is 2.16. The quantitative estimate of drug-likeness (QED) is 0.827. The summed E-state index contributed by atoms with van der Waals surface area (Å²) in [5, 5.41) is 3.67. The molecular weight excluding hydrogens is 222 g/mol. The van der Waals surface area contributed by atoms with Crippen molar-refractivity contribution < 1.29 is 4.79 Å². The van der Waals surface area contributed by atoms with E-state index in [4.69, 9.17) is 0 Å². The van der Waals surface area contributed by atoms with Crippen molar-refractivity contribution in [3.63, 3.8) is 0 Å². The summed E-state index contributed by atoms with van der Waals surface area (Å²) >= 11 is 1.35. The zero-order chi connectivity index (χ0) is 11.5. The maximum atomic E-state index is 11.5. The first kappa shape index (κ1) is 10.8. The van der Waals surface area contributed by atoms with Gasteiger partial charge in [0.2, 0.25) is 0 Å². The first-order chi connectivity index (χ1) is 7.72. The van der Waals surface area contributed by atoms with E-state index in [0.29, 0.717) is 10.6 Å². The van der Waals surface area contributed by atoms with E-state index < -0.39 is 0 Å². The number of anilines is 1. The van der Waals surface area contributed by atoms with Crippen LogP contribution in [0.15, 0.2) is 24.4 Å². The van der Waals surface area contributed by atoms with Crippen molar-refractivity contribution in [2.45, 2.75) is 6.92 Å². The van der Waals surface area contributed by atoms with Crippen molar-refractivity contribution in [1.82, 2.24) is 9.97 Å². The molecule has 2 rings (SSSR count). The van der Waals surface area contributed by atoms with Gasteiger partial charge in [0.1, 0.15) is 10.6 Å². The van der Waals surface area contributed by atoms with E-state index in [1.54, 1.807) is 20.2 Å². The minimum Gasteiger partial charge on any atom is -0.365 e. The van der Waals surface area contributed by atoms with Gasteiger partial charge in [-0.3, -0.25) is 9.78 Å². The molecule has 82 valence electrons. The summed E-state index contributed by atoms with van der Waals surface area (Å²) in [5.74, 6) is 0.0136. The molecule has 0 atom stereocenters. The Balaban J connectivity index is 2.55. The normalized spacial score (nSPS) is 10.1. The minimum atomic E-state index is 0.0136. The third-order valence-electron chi connectivity index (χ3n) is 2.07. The molecule has 0 saturated carbocycles. The first-order valence-electron chi connectivity index (χ1n) is 4.83. The van der Waals surface area contributed by atoms with Crippen molar-refractivity contribution in [1.29, 1.82) is 0 Å². The number of carbonyl (C=O) groups is 1. The van der Waals surface area contributed by atoms with Gasteiger partial charge in [-0.05, 0) is 12.1 Å². The molecule has 4 nitrogen and oxygen atoms in total. The van der Waals surface area contributed by atoms with Gasteiger partial charge in [0, 0.05) is 20.2 Å². The predicted molar refractivity (Wildman–Crippen MR) is 64.9 cm³/mol. The second-order valence-electron chi connectivity index (χ2n) is 3.22. The van der Waals surface area contributed by atoms with Crippen LogP contribution in [0.4, 0.5) is 5.13 Å². The topological polar surface area (TPSA) is 54.9 Å². The standard InChI is InChI=1S/C11H11N3OS/c1-7(15)10-9(14-11(12-2)16-10)8-5-3-4-6-13-8/h3-6H,1-2H3,(H,12,14). The van der Waals surface area contributed by atoms with Crippen molar-refractivity contribution in [2.24, 2.45) is 0 Å². The number of thiazole rings is 1. The number of hydrogen-bond donors (Lipinski definition) is 1. The first-order valence-corrected chi connectivity index (χ1v) is 5.65. The fraction of sp³-hybridized carbons (Fsp3) is 0.182. The summed E-state index contributed by atoms with van der Waals surface area (Å²) in [6.45, 7) is 1.54. The average molecular weight is 233 g/mol. The summed E-state index contributed by atoms with van der Waals surface area (Å²) in [4.78, 5) is 20.7. The Kier molecular flexibility index (Phi) is 2.96. The lowest BCUT2D eigenvalue weighted by Gasteiger charge is -1.96. The second-order valence-corrected chi connectivity index (χ2v) is 4.22. The molecule has 0 aliphatic heterocycles. The summed E-state index contributed by atoms with van der Waals surface area (Å²) in [7, 11) is 1.78. The Bertz CT molecular complexity index is 507. The van der Waals surface area contributed by atoms with E-state index in [0.717, 1.165) is 10.8 Å². The Morgan fingerprint density at radius 2 is 2.25 bits per heavy atom. The molecule has 0 aromatic carbocycles. The van der Waals surface area contributed by atoms with Crippen LogP contribution in [0.1, 0.15) is 16.6 Å². The molecule has 0 spiro atoms. The van der Waals surface area contributed by atoms with Gasteiger partial charge in [0.25, 0.3) is 0 Å². The molecule has 1 N–H and O–H groups in total. The molecule has 5 heteroatoms. The van der Waals surface area contributed by atoms with Crippen LogP contribution in [-0.2, 0) is 0 Å². The van der Waals surface area contributed by atoms with Crippen LogP contribution in [0, 0.1) is 0 Å². The number of nitrogens with zero attached hydrogens (tertiary/aromatic N) is 2. The SMILES string of the molecule is CNc1nc(-c2ccccn2)c(C(C)=O)s1. The molecule has 2 heterocycles. The Hall–Kier alpha value is -1.75. The lowest BCUT2D eigenvalue weighted by Crippen LogP contribution is -1.93. The number of aromatic nitrogens is 2. The van der Waals surface area contributed by atoms with Gasteiger partial charge in [-0.1, -0.05) is 17.4 Å². The molecule has 0 saturated heterocycles. The number of nitrogens with one attached hydrogen (secondary N) is 1. The summed E-state index contributed by atoms with van der Waals surface area (Å²) < 4.78 is 0. The van der Waals surface area contributed by atoms with Crippen molar-refractivity contribution in [2.75, 3.05) is 12.4 Å². The number of carbonyl (C=O) groups excluding carboxylic acids is 1. The zero-order valence-corrected chi connectivity index (χ0v) is 9.84. The molecule has 16 heavy (non-hydrogen) atoms. The smallest absolute Gasteiger partial charge is 0.183 e. The number of hydrogen-bond acceptors (Lipinski definition) is 5. The highest BCUT2D eigenvalue weighted by atomic mass is 32.1. The van der Waals surface area contributed by atoms with Gasteiger partial charge in [-0.15, -0.1) is 0 Å². The van der Waals surface area contributed by atoms with Crippen LogP contribution in [0.3, 0.4) is 0 Å². The van der Waals surface area contributed by atoms with Crippen LogP contribution in [-0.4, -0.2) is 22.8 Å². The number of pyridine rings is 1. The van der Waals surface area contributed by atoms with Gasteiger partial charge in [0.15, 0.2) is 10.9 Å². The average Bonchev–Trinajstić information content (AvgIpc) is 2.74. The van der Waals surface area contributed by atoms with E-state index in [-0.39, 0.29) is 5.78 Å². The number of rotatable bonds is 3. The molecule has 0 bridgehead atoms. The summed E-state index contributed by atoms with van der Waals surface area (Å²) in [6.07, 6.45) is 1.69. The van der Waals surface area contributed by atoms with Crippen molar-refractivity contribution in [3.05, 3.63) is 29.3 Å². The Morgan fingerprint density at radius 3 is 2.81 bits per heavy atom. The van der Waals surface area contributed by atoms with E-state index in [1.807, 2.05) is 18.2 Å². The summed E-state index contributed by atoms with van der Waals surface area (Å²) in [5.41, 5.74) is 1.38. The minimum absolute atomic E-state index is 0.0136. The van der Waals surface area contributed by atoms with Crippen LogP contribution in [0.2, 0.25) is 0 Å². The lowest BCUT2D eigenvalue weighted by atomic mass is 10.2. The Labute approximate surface area is 97.4 Å². The molecule has 0 radical (unpaired) electrons. The van der Waals surface area contributed by atoms with Crippen LogP contribution in [0.5, 0.6) is 0 Å². The molecule has 2 aromatic rings. The van der Waals surface area contributed by atoms with E-state index in [2.05, 4.69) is 15.3 Å². The second kappa shape index (κ2) is 4.40. The zero-order valence-electron chi connectivity index (χ0n) is 9.02. The van der Waals surface area contributed by atoms with Gasteiger partial charge in [-0.25, -0.2) is 4.98 Å². The third kappa shape index (κ3) is 1.94. The molecule has 2 aromatic heterocycles. The van der Waals surface area contributed by atoms with Crippen molar-refractivity contribution >= 4 is 22.3 Å². The van der Waals surface area contributed by atoms with E-state index >= 15 is 0 Å². The predicted octanol–water partition coefficient (Wildman–Crippen LogP) is 2.45. The van der Waals surface area contributed by atoms with Crippen LogP contribution < -0.4 is 5.32 Å². The number of ketones is 1. The monoisotopic (exact) mass is 233 g/mol. The summed E-state index contributed by atoms with van der Waals surface area (Å²) in [6, 6.07) is 5.56. The molecular formula is C11H11N3OS. The Morgan fingerprint density at radius 1 is 1.44 bits per heavy atom. The van der Waals surface area contributed by atoms with Crippen molar-refractivity contribution in [3.8, 4) is 11.4 Å². The molecule has 0 unspecified atom stereocenters. The maximum Gasteiger partial charge on any atom is 0.183 e. The maximum absolute atomic E-state index is 11.5. The van der Waals surface area contributed by atoms with Gasteiger partial charge in [0.05, 0.1) is 5.69 Å². The largest absolute Gasteiger partial charge is 0.365 e. The third-order valence-corrected chi connectivity index (χ3v) is 3.24. The highest BCUT2D eigenvalue weighted by Crippen LogP contribution is 2.29. The fourth-order valence-corrected chi connectivity index (χ4v) is 2.17. The van der Waals surface area contributed by atoms with E-state index in [1.165, 1.54) is 11.3 Å². The van der Waals surface area contributed by atoms with Gasteiger partial charge >= 0.3 is 0 Å². The molecule has 0 aliphatic rings. The van der Waals surface area contributed by atoms with Gasteiger partial charge < -0.3 is 5.32 Å². The molecule has 0 aliphatic carbocycles. The van der Waals surface area contributed by atoms with Crippen LogP contribution in [0.25, 0.3) is 11.4 Å². The highest BCUT2D eigenvalue weighted by molar-refractivity contribution is 7.18. The fourth-order valence-electron chi connectivity index (χ4n) is 1.34. The van der Waals surface area contributed by atoms with Crippen LogP contribution >= 0.6 is 11.3 Å². The van der Waals surface area contributed by atoms with Gasteiger partial charge in [-0.2, -0.15) is 0 Å². The molecule has 0 fully saturated rings. The van der Waals surface area contributed by atoms with E-state index in [9.17, 15) is 4.79 Å². The lowest BCUT2D eigenvalue weighted by molar-refractivity contribution is 0.102. The number of Topliss-reactive ketones (excluding diaryl/α,β-unsaturated/α-hetero) is 1.